The van der Waals surface area contributed by atoms with Gasteiger partial charge in [-0.05, 0) is 25.6 Å². The van der Waals surface area contributed by atoms with Crippen LogP contribution in [0.2, 0.25) is 0 Å². The second kappa shape index (κ2) is 6.29. The summed E-state index contributed by atoms with van der Waals surface area (Å²) in [4.78, 5) is 6.34. The van der Waals surface area contributed by atoms with Gasteiger partial charge in [0.2, 0.25) is 11.7 Å². The van der Waals surface area contributed by atoms with Gasteiger partial charge >= 0.3 is 0 Å². The van der Waals surface area contributed by atoms with Gasteiger partial charge in [-0.1, -0.05) is 17.3 Å². The van der Waals surface area contributed by atoms with Gasteiger partial charge in [-0.25, -0.2) is 8.42 Å². The molecule has 1 aliphatic heterocycles. The summed E-state index contributed by atoms with van der Waals surface area (Å²) >= 11 is 0. The van der Waals surface area contributed by atoms with Gasteiger partial charge in [0.05, 0.1) is 30.7 Å². The van der Waals surface area contributed by atoms with Gasteiger partial charge in [-0.15, -0.1) is 0 Å². The van der Waals surface area contributed by atoms with E-state index in [9.17, 15) is 8.42 Å². The monoisotopic (exact) mass is 337 g/mol. The van der Waals surface area contributed by atoms with Crippen molar-refractivity contribution in [2.45, 2.75) is 19.0 Å². The van der Waals surface area contributed by atoms with Crippen molar-refractivity contribution in [3.8, 4) is 17.1 Å². The first-order valence-electron chi connectivity index (χ1n) is 7.35. The first-order valence-corrected chi connectivity index (χ1v) is 9.17. The predicted molar refractivity (Wildman–Crippen MR) is 84.8 cm³/mol. The number of methoxy groups -OCH3 is 1. The summed E-state index contributed by atoms with van der Waals surface area (Å²) in [5, 5.41) is 3.99. The predicted octanol–water partition coefficient (Wildman–Crippen LogP) is 1.36. The van der Waals surface area contributed by atoms with Gasteiger partial charge in [0, 0.05) is 6.04 Å². The third-order valence-electron chi connectivity index (χ3n) is 4.03. The van der Waals surface area contributed by atoms with Crippen LogP contribution >= 0.6 is 0 Å². The summed E-state index contributed by atoms with van der Waals surface area (Å²) in [6, 6.07) is 7.45. The Labute approximate surface area is 135 Å². The number of benzene rings is 1. The van der Waals surface area contributed by atoms with E-state index in [-0.39, 0.29) is 17.5 Å². The van der Waals surface area contributed by atoms with E-state index in [0.29, 0.717) is 30.4 Å². The second-order valence-electron chi connectivity index (χ2n) is 5.68. The third-order valence-corrected chi connectivity index (χ3v) is 5.78. The molecule has 1 aromatic heterocycles. The van der Waals surface area contributed by atoms with Crippen molar-refractivity contribution in [1.29, 1.82) is 0 Å². The Morgan fingerprint density at radius 1 is 1.39 bits per heavy atom. The molecule has 0 bridgehead atoms. The Morgan fingerprint density at radius 2 is 2.17 bits per heavy atom. The van der Waals surface area contributed by atoms with Crippen molar-refractivity contribution >= 4 is 9.84 Å². The fourth-order valence-corrected chi connectivity index (χ4v) is 4.53. The average Bonchev–Trinajstić information content (AvgIpc) is 3.13. The average molecular weight is 337 g/mol. The minimum atomic E-state index is -2.90. The molecule has 1 fully saturated rings. The lowest BCUT2D eigenvalue weighted by Gasteiger charge is -2.20. The van der Waals surface area contributed by atoms with Crippen LogP contribution in [0.3, 0.4) is 0 Å². The molecule has 1 saturated heterocycles. The number of nitrogens with zero attached hydrogens (tertiary/aromatic N) is 3. The van der Waals surface area contributed by atoms with Crippen LogP contribution in [0.15, 0.2) is 28.8 Å². The highest BCUT2D eigenvalue weighted by Gasteiger charge is 2.31. The van der Waals surface area contributed by atoms with Crippen LogP contribution in [0, 0.1) is 0 Å². The first kappa shape index (κ1) is 15.9. The molecular formula is C15H19N3O4S. The molecule has 1 atom stereocenters. The van der Waals surface area contributed by atoms with Crippen molar-refractivity contribution in [3.05, 3.63) is 30.2 Å². The quantitative estimate of drug-likeness (QED) is 0.814. The van der Waals surface area contributed by atoms with Crippen LogP contribution in [0.4, 0.5) is 0 Å². The minimum absolute atomic E-state index is 0.00149. The molecule has 0 amide bonds. The van der Waals surface area contributed by atoms with E-state index >= 15 is 0 Å². The van der Waals surface area contributed by atoms with Crippen molar-refractivity contribution in [3.63, 3.8) is 0 Å². The van der Waals surface area contributed by atoms with Crippen molar-refractivity contribution < 1.29 is 17.7 Å². The molecule has 1 aliphatic rings. The van der Waals surface area contributed by atoms with E-state index in [4.69, 9.17) is 9.26 Å². The third kappa shape index (κ3) is 3.53. The molecule has 0 saturated carbocycles. The zero-order chi connectivity index (χ0) is 16.4. The highest BCUT2D eigenvalue weighted by molar-refractivity contribution is 7.91. The second-order valence-corrected chi connectivity index (χ2v) is 7.91. The Kier molecular flexibility index (Phi) is 4.36. The molecule has 23 heavy (non-hydrogen) atoms. The maximum absolute atomic E-state index is 11.6. The van der Waals surface area contributed by atoms with Gasteiger partial charge in [0.15, 0.2) is 9.84 Å². The van der Waals surface area contributed by atoms with Crippen molar-refractivity contribution in [1.82, 2.24) is 15.0 Å². The van der Waals surface area contributed by atoms with Gasteiger partial charge < -0.3 is 9.26 Å². The summed E-state index contributed by atoms with van der Waals surface area (Å²) in [6.45, 7) is 0.419. The Hall–Kier alpha value is -1.93. The highest BCUT2D eigenvalue weighted by Crippen LogP contribution is 2.27. The number of para-hydroxylation sites is 1. The fourth-order valence-electron chi connectivity index (χ4n) is 2.72. The van der Waals surface area contributed by atoms with Gasteiger partial charge in [0.25, 0.3) is 0 Å². The maximum Gasteiger partial charge on any atom is 0.241 e. The summed E-state index contributed by atoms with van der Waals surface area (Å²) in [7, 11) is 0.561. The number of rotatable bonds is 5. The van der Waals surface area contributed by atoms with Gasteiger partial charge in [-0.3, -0.25) is 4.90 Å². The molecule has 0 radical (unpaired) electrons. The number of aromatic nitrogens is 2. The van der Waals surface area contributed by atoms with E-state index in [2.05, 4.69) is 10.1 Å². The van der Waals surface area contributed by atoms with E-state index in [1.54, 1.807) is 7.11 Å². The molecule has 8 heteroatoms. The summed E-state index contributed by atoms with van der Waals surface area (Å²) < 4.78 is 33.7. The van der Waals surface area contributed by atoms with E-state index < -0.39 is 9.84 Å². The Balaban J connectivity index is 1.72. The zero-order valence-corrected chi connectivity index (χ0v) is 13.9. The van der Waals surface area contributed by atoms with Crippen LogP contribution in [-0.2, 0) is 16.4 Å². The molecule has 0 N–H and O–H groups in total. The topological polar surface area (TPSA) is 85.5 Å². The summed E-state index contributed by atoms with van der Waals surface area (Å²) in [5.41, 5.74) is 0.760. The molecule has 3 rings (SSSR count). The summed E-state index contributed by atoms with van der Waals surface area (Å²) in [6.07, 6.45) is 0.645. The summed E-state index contributed by atoms with van der Waals surface area (Å²) in [5.74, 6) is 2.03. The lowest BCUT2D eigenvalue weighted by atomic mass is 10.2. The van der Waals surface area contributed by atoms with Crippen LogP contribution in [0.5, 0.6) is 5.75 Å². The molecule has 1 unspecified atom stereocenters. The zero-order valence-electron chi connectivity index (χ0n) is 13.1. The molecule has 124 valence electrons. The van der Waals surface area contributed by atoms with Gasteiger partial charge in [-0.2, -0.15) is 4.98 Å². The Bertz CT molecular complexity index is 788. The van der Waals surface area contributed by atoms with Crippen LogP contribution in [0.1, 0.15) is 12.3 Å². The number of hydrogen-bond donors (Lipinski definition) is 0. The smallest absolute Gasteiger partial charge is 0.241 e. The largest absolute Gasteiger partial charge is 0.496 e. The lowest BCUT2D eigenvalue weighted by Crippen LogP contribution is -2.32. The lowest BCUT2D eigenvalue weighted by molar-refractivity contribution is 0.218. The van der Waals surface area contributed by atoms with Crippen LogP contribution in [0.25, 0.3) is 11.4 Å². The molecule has 2 heterocycles. The van der Waals surface area contributed by atoms with Crippen molar-refractivity contribution in [2.75, 3.05) is 25.7 Å². The van der Waals surface area contributed by atoms with Crippen molar-refractivity contribution in [2.24, 2.45) is 0 Å². The first-order chi connectivity index (χ1) is 11.0. The standard InChI is InChI=1S/C15H19N3O4S/c1-18(11-7-8-23(19,20)10-11)9-14-16-15(17-22-14)12-5-3-4-6-13(12)21-2/h3-6,11H,7-10H2,1-2H3. The SMILES string of the molecule is COc1ccccc1-c1noc(CN(C)C2CCS(=O)(=O)C2)n1. The fraction of sp³-hybridized carbons (Fsp3) is 0.467. The number of sulfone groups is 1. The van der Waals surface area contributed by atoms with Crippen LogP contribution < -0.4 is 4.74 Å². The van der Waals surface area contributed by atoms with E-state index in [1.165, 1.54) is 0 Å². The molecule has 7 nitrogen and oxygen atoms in total. The van der Waals surface area contributed by atoms with E-state index in [1.807, 2.05) is 36.2 Å². The normalized spacial score (nSPS) is 20.0. The highest BCUT2D eigenvalue weighted by atomic mass is 32.2. The number of ether oxygens (including phenoxy) is 1. The number of hydrogen-bond acceptors (Lipinski definition) is 7. The molecule has 2 aromatic rings. The molecule has 0 aliphatic carbocycles. The molecule has 0 spiro atoms. The minimum Gasteiger partial charge on any atom is -0.496 e. The van der Waals surface area contributed by atoms with E-state index in [0.717, 1.165) is 5.56 Å². The van der Waals surface area contributed by atoms with Crippen LogP contribution in [-0.4, -0.2) is 55.2 Å². The molecular weight excluding hydrogens is 318 g/mol. The molecule has 1 aromatic carbocycles. The van der Waals surface area contributed by atoms with Gasteiger partial charge in [0.1, 0.15) is 5.75 Å². The Morgan fingerprint density at radius 3 is 2.87 bits per heavy atom. The maximum atomic E-state index is 11.6.